The Kier molecular flexibility index (Phi) is 5.00. The van der Waals surface area contributed by atoms with Gasteiger partial charge in [0.2, 0.25) is 0 Å². The Morgan fingerprint density at radius 2 is 2.05 bits per heavy atom. The minimum absolute atomic E-state index is 0.150. The minimum atomic E-state index is 0.150. The Morgan fingerprint density at radius 1 is 1.32 bits per heavy atom. The Bertz CT molecular complexity index is 446. The van der Waals surface area contributed by atoms with E-state index >= 15 is 0 Å². The van der Waals surface area contributed by atoms with Gasteiger partial charge in [-0.15, -0.1) is 0 Å². The van der Waals surface area contributed by atoms with Gasteiger partial charge in [0, 0.05) is 25.1 Å². The van der Waals surface area contributed by atoms with Crippen molar-refractivity contribution in [3.63, 3.8) is 0 Å². The monoisotopic (exact) mass is 279 g/mol. The highest BCUT2D eigenvalue weighted by molar-refractivity contribution is 6.33. The molecule has 1 saturated heterocycles. The second-order valence-corrected chi connectivity index (χ2v) is 6.10. The van der Waals surface area contributed by atoms with Crippen LogP contribution in [0.3, 0.4) is 0 Å². The first-order valence-corrected chi connectivity index (χ1v) is 7.46. The molecule has 0 saturated carbocycles. The van der Waals surface area contributed by atoms with Gasteiger partial charge in [0.15, 0.2) is 5.78 Å². The van der Waals surface area contributed by atoms with Crippen LogP contribution in [0.25, 0.3) is 0 Å². The van der Waals surface area contributed by atoms with E-state index in [0.29, 0.717) is 17.0 Å². The number of piperidine rings is 1. The van der Waals surface area contributed by atoms with Gasteiger partial charge in [0.1, 0.15) is 0 Å². The van der Waals surface area contributed by atoms with Gasteiger partial charge in [0.25, 0.3) is 0 Å². The van der Waals surface area contributed by atoms with Gasteiger partial charge in [-0.1, -0.05) is 37.6 Å². The molecule has 0 aromatic heterocycles. The molecule has 3 heteroatoms. The van der Waals surface area contributed by atoms with Gasteiger partial charge >= 0.3 is 0 Å². The van der Waals surface area contributed by atoms with Crippen molar-refractivity contribution in [1.29, 1.82) is 0 Å². The second-order valence-electron chi connectivity index (χ2n) is 5.70. The average Bonchev–Trinajstić information content (AvgIpc) is 2.40. The van der Waals surface area contributed by atoms with Crippen LogP contribution >= 0.6 is 11.6 Å². The van der Waals surface area contributed by atoms with E-state index in [1.165, 1.54) is 6.42 Å². The van der Waals surface area contributed by atoms with E-state index in [2.05, 4.69) is 18.7 Å². The van der Waals surface area contributed by atoms with E-state index in [1.54, 1.807) is 6.07 Å². The van der Waals surface area contributed by atoms with Gasteiger partial charge in [-0.3, -0.25) is 4.79 Å². The lowest BCUT2D eigenvalue weighted by Crippen LogP contribution is -2.39. The third-order valence-corrected chi connectivity index (χ3v) is 4.58. The summed E-state index contributed by atoms with van der Waals surface area (Å²) < 4.78 is 0. The summed E-state index contributed by atoms with van der Waals surface area (Å²) in [7, 11) is 0. The predicted octanol–water partition coefficient (Wildman–Crippen LogP) is 3.89. The van der Waals surface area contributed by atoms with E-state index in [-0.39, 0.29) is 5.78 Å². The molecule has 0 spiro atoms. The summed E-state index contributed by atoms with van der Waals surface area (Å²) in [5.74, 6) is 1.68. The molecule has 1 aromatic rings. The lowest BCUT2D eigenvalue weighted by atomic mass is 9.88. The van der Waals surface area contributed by atoms with Gasteiger partial charge in [-0.05, 0) is 36.9 Å². The van der Waals surface area contributed by atoms with E-state index in [9.17, 15) is 4.79 Å². The number of halogens is 1. The molecular weight excluding hydrogens is 258 g/mol. The first-order chi connectivity index (χ1) is 9.08. The maximum Gasteiger partial charge on any atom is 0.165 e. The lowest BCUT2D eigenvalue weighted by Gasteiger charge is -2.35. The summed E-state index contributed by atoms with van der Waals surface area (Å²) in [6, 6.07) is 7.31. The Labute approximate surface area is 120 Å². The zero-order valence-electron chi connectivity index (χ0n) is 11.7. The van der Waals surface area contributed by atoms with Crippen LogP contribution < -0.4 is 0 Å². The number of carbonyl (C=O) groups excluding carboxylic acids is 1. The number of ketones is 1. The minimum Gasteiger partial charge on any atom is -0.303 e. The zero-order valence-corrected chi connectivity index (χ0v) is 12.5. The van der Waals surface area contributed by atoms with Gasteiger partial charge in [-0.25, -0.2) is 0 Å². The number of hydrogen-bond donors (Lipinski definition) is 0. The van der Waals surface area contributed by atoms with Crippen LogP contribution in [0, 0.1) is 11.8 Å². The van der Waals surface area contributed by atoms with Crippen molar-refractivity contribution in [1.82, 2.24) is 4.90 Å². The van der Waals surface area contributed by atoms with Crippen molar-refractivity contribution in [2.24, 2.45) is 11.8 Å². The molecule has 1 heterocycles. The predicted molar refractivity (Wildman–Crippen MR) is 79.8 cm³/mol. The number of Topliss-reactive ketones (excluding diaryl/α,β-unsaturated/α-hetero) is 1. The quantitative estimate of drug-likeness (QED) is 0.780. The molecule has 0 radical (unpaired) electrons. The summed E-state index contributed by atoms with van der Waals surface area (Å²) in [5.41, 5.74) is 0.655. The van der Waals surface area contributed by atoms with E-state index in [4.69, 9.17) is 11.6 Å². The molecule has 2 rings (SSSR count). The molecule has 0 amide bonds. The molecule has 2 unspecified atom stereocenters. The molecule has 1 aromatic carbocycles. The van der Waals surface area contributed by atoms with Crippen molar-refractivity contribution < 1.29 is 4.79 Å². The number of nitrogens with zero attached hydrogens (tertiary/aromatic N) is 1. The molecule has 0 aliphatic carbocycles. The van der Waals surface area contributed by atoms with E-state index in [1.807, 2.05) is 18.2 Å². The van der Waals surface area contributed by atoms with Crippen LogP contribution in [0.15, 0.2) is 24.3 Å². The Morgan fingerprint density at radius 3 is 2.74 bits per heavy atom. The largest absolute Gasteiger partial charge is 0.303 e. The second kappa shape index (κ2) is 6.53. The summed E-state index contributed by atoms with van der Waals surface area (Å²) in [5, 5.41) is 0.563. The summed E-state index contributed by atoms with van der Waals surface area (Å²) in [6.07, 6.45) is 1.80. The highest BCUT2D eigenvalue weighted by Crippen LogP contribution is 2.23. The molecular formula is C16H22ClNO. The molecule has 1 aliphatic rings. The fourth-order valence-electron chi connectivity index (χ4n) is 2.63. The summed E-state index contributed by atoms with van der Waals surface area (Å²) in [6.45, 7) is 7.68. The number of likely N-dealkylation sites (tertiary alicyclic amines) is 1. The number of carbonyl (C=O) groups is 1. The number of rotatable bonds is 4. The van der Waals surface area contributed by atoms with Gasteiger partial charge in [-0.2, -0.15) is 0 Å². The third-order valence-electron chi connectivity index (χ3n) is 4.25. The first kappa shape index (κ1) is 14.5. The smallest absolute Gasteiger partial charge is 0.165 e. The lowest BCUT2D eigenvalue weighted by molar-refractivity contribution is 0.0927. The molecule has 0 N–H and O–H groups in total. The van der Waals surface area contributed by atoms with E-state index < -0.39 is 0 Å². The van der Waals surface area contributed by atoms with Crippen LogP contribution in [0.1, 0.15) is 37.0 Å². The van der Waals surface area contributed by atoms with Crippen LogP contribution in [0.2, 0.25) is 5.02 Å². The van der Waals surface area contributed by atoms with Crippen molar-refractivity contribution >= 4 is 17.4 Å². The van der Waals surface area contributed by atoms with Crippen molar-refractivity contribution in [2.75, 3.05) is 19.6 Å². The zero-order chi connectivity index (χ0) is 13.8. The topological polar surface area (TPSA) is 20.3 Å². The van der Waals surface area contributed by atoms with Crippen molar-refractivity contribution in [3.05, 3.63) is 34.9 Å². The standard InChI is InChI=1S/C16H22ClNO/c1-12-7-9-18(11-13(12)2)10-8-16(19)14-5-3-4-6-15(14)17/h3-6,12-13H,7-11H2,1-2H3. The molecule has 1 fully saturated rings. The fourth-order valence-corrected chi connectivity index (χ4v) is 2.88. The fraction of sp³-hybridized carbons (Fsp3) is 0.562. The van der Waals surface area contributed by atoms with Gasteiger partial charge < -0.3 is 4.90 Å². The Hall–Kier alpha value is -0.860. The third kappa shape index (κ3) is 3.80. The molecule has 2 nitrogen and oxygen atoms in total. The highest BCUT2D eigenvalue weighted by atomic mass is 35.5. The van der Waals surface area contributed by atoms with Crippen LogP contribution in [0.4, 0.5) is 0 Å². The van der Waals surface area contributed by atoms with E-state index in [0.717, 1.165) is 31.5 Å². The maximum atomic E-state index is 12.1. The normalized spacial score (nSPS) is 24.4. The van der Waals surface area contributed by atoms with Crippen LogP contribution in [-0.4, -0.2) is 30.3 Å². The maximum absolute atomic E-state index is 12.1. The highest BCUT2D eigenvalue weighted by Gasteiger charge is 2.23. The van der Waals surface area contributed by atoms with Crippen LogP contribution in [-0.2, 0) is 0 Å². The van der Waals surface area contributed by atoms with Crippen LogP contribution in [0.5, 0.6) is 0 Å². The first-order valence-electron chi connectivity index (χ1n) is 7.08. The molecule has 1 aliphatic heterocycles. The Balaban J connectivity index is 1.86. The molecule has 2 atom stereocenters. The van der Waals surface area contributed by atoms with Crippen molar-refractivity contribution in [2.45, 2.75) is 26.7 Å². The van der Waals surface area contributed by atoms with Gasteiger partial charge in [0.05, 0.1) is 5.02 Å². The average molecular weight is 280 g/mol. The summed E-state index contributed by atoms with van der Waals surface area (Å²) >= 11 is 6.05. The number of benzene rings is 1. The SMILES string of the molecule is CC1CCN(CCC(=O)c2ccccc2Cl)CC1C. The summed E-state index contributed by atoms with van der Waals surface area (Å²) in [4.78, 5) is 14.5. The molecule has 0 bridgehead atoms. The molecule has 104 valence electrons. The molecule has 19 heavy (non-hydrogen) atoms. The van der Waals surface area contributed by atoms with Crippen molar-refractivity contribution in [3.8, 4) is 0 Å². The number of hydrogen-bond acceptors (Lipinski definition) is 2.